The van der Waals surface area contributed by atoms with E-state index in [-0.39, 0.29) is 5.91 Å². The molecule has 3 aromatic rings. The Balaban J connectivity index is 1.59. The second-order valence-corrected chi connectivity index (χ2v) is 8.08. The summed E-state index contributed by atoms with van der Waals surface area (Å²) in [6.07, 6.45) is 0. The van der Waals surface area contributed by atoms with E-state index in [0.717, 1.165) is 35.2 Å². The quantitative estimate of drug-likeness (QED) is 0.530. The van der Waals surface area contributed by atoms with Gasteiger partial charge in [0.05, 0.1) is 19.8 Å². The predicted octanol–water partition coefficient (Wildman–Crippen LogP) is 2.02. The third kappa shape index (κ3) is 5.68. The van der Waals surface area contributed by atoms with Gasteiger partial charge in [0.1, 0.15) is 6.54 Å². The monoisotopic (exact) mass is 410 g/mol. The third-order valence-electron chi connectivity index (χ3n) is 4.54. The fraction of sp³-hybridized carbons (Fsp3) is 0.318. The zero-order valence-corrected chi connectivity index (χ0v) is 18.0. The van der Waals surface area contributed by atoms with Gasteiger partial charge in [0, 0.05) is 24.2 Å². The van der Waals surface area contributed by atoms with Gasteiger partial charge in [0.15, 0.2) is 11.0 Å². The van der Waals surface area contributed by atoms with Gasteiger partial charge in [-0.1, -0.05) is 66.4 Å². The van der Waals surface area contributed by atoms with Crippen molar-refractivity contribution in [2.45, 2.75) is 31.7 Å². The summed E-state index contributed by atoms with van der Waals surface area (Å²) < 4.78 is 2.04. The molecule has 0 aliphatic carbocycles. The van der Waals surface area contributed by atoms with Gasteiger partial charge in [-0.25, -0.2) is 0 Å². The Hall–Kier alpha value is -2.64. The fourth-order valence-corrected chi connectivity index (χ4v) is 3.97. The van der Waals surface area contributed by atoms with Gasteiger partial charge in [-0.2, -0.15) is 0 Å². The largest absolute Gasteiger partial charge is 0.351 e. The number of nitrogens with one attached hydrogen (secondary N) is 2. The number of nitrogens with zero attached hydrogens (tertiary/aromatic N) is 3. The van der Waals surface area contributed by atoms with Crippen molar-refractivity contribution in [3.63, 3.8) is 0 Å². The molecule has 0 aliphatic rings. The van der Waals surface area contributed by atoms with E-state index in [1.54, 1.807) is 0 Å². The van der Waals surface area contributed by atoms with Gasteiger partial charge < -0.3 is 14.8 Å². The van der Waals surface area contributed by atoms with Crippen LogP contribution >= 0.6 is 11.8 Å². The first-order chi connectivity index (χ1) is 14.1. The van der Waals surface area contributed by atoms with Crippen molar-refractivity contribution < 1.29 is 9.69 Å². The molecular formula is C22H28N5OS+. The number of carbonyl (C=O) groups excluding carboxylic acids is 1. The van der Waals surface area contributed by atoms with Gasteiger partial charge in [-0.05, 0) is 12.5 Å². The maximum atomic E-state index is 12.4. The molecule has 0 saturated carbocycles. The van der Waals surface area contributed by atoms with Gasteiger partial charge in [0.2, 0.25) is 5.91 Å². The maximum absolute atomic E-state index is 12.4. The summed E-state index contributed by atoms with van der Waals surface area (Å²) in [5.74, 6) is 1.14. The van der Waals surface area contributed by atoms with Crippen LogP contribution in [0.4, 0.5) is 0 Å². The maximum Gasteiger partial charge on any atom is 0.230 e. The lowest BCUT2D eigenvalue weighted by atomic mass is 10.1. The van der Waals surface area contributed by atoms with Gasteiger partial charge in [-0.15, -0.1) is 10.2 Å². The van der Waals surface area contributed by atoms with E-state index in [1.165, 1.54) is 22.2 Å². The Morgan fingerprint density at radius 3 is 2.41 bits per heavy atom. The SMILES string of the molecule is CCn1c(SCC(=O)NCc2ccccc2C[NH+](C)C)nnc1-c1ccccc1. The molecule has 2 aromatic carbocycles. The zero-order chi connectivity index (χ0) is 20.6. The molecule has 7 heteroatoms. The van der Waals surface area contributed by atoms with E-state index in [1.807, 2.05) is 47.0 Å². The van der Waals surface area contributed by atoms with Crippen molar-refractivity contribution >= 4 is 17.7 Å². The summed E-state index contributed by atoms with van der Waals surface area (Å²) in [6, 6.07) is 18.2. The highest BCUT2D eigenvalue weighted by Gasteiger charge is 2.14. The summed E-state index contributed by atoms with van der Waals surface area (Å²) in [6.45, 7) is 4.28. The molecule has 0 spiro atoms. The molecule has 1 amide bonds. The highest BCUT2D eigenvalue weighted by molar-refractivity contribution is 7.99. The average Bonchev–Trinajstić information content (AvgIpc) is 3.14. The number of aromatic nitrogens is 3. The first-order valence-corrected chi connectivity index (χ1v) is 10.8. The van der Waals surface area contributed by atoms with Crippen molar-refractivity contribution in [1.82, 2.24) is 20.1 Å². The minimum Gasteiger partial charge on any atom is -0.351 e. The van der Waals surface area contributed by atoms with Crippen molar-refractivity contribution in [3.8, 4) is 11.4 Å². The number of quaternary nitrogens is 1. The Morgan fingerprint density at radius 2 is 1.72 bits per heavy atom. The van der Waals surface area contributed by atoms with Crippen LogP contribution in [0.15, 0.2) is 59.8 Å². The van der Waals surface area contributed by atoms with E-state index in [0.29, 0.717) is 12.3 Å². The Kier molecular flexibility index (Phi) is 7.43. The molecule has 2 N–H and O–H groups in total. The fourth-order valence-electron chi connectivity index (χ4n) is 3.14. The Labute approximate surface area is 176 Å². The van der Waals surface area contributed by atoms with E-state index >= 15 is 0 Å². The molecule has 6 nitrogen and oxygen atoms in total. The molecule has 0 unspecified atom stereocenters. The second kappa shape index (κ2) is 10.2. The van der Waals surface area contributed by atoms with E-state index in [2.05, 4.69) is 48.7 Å². The Bertz CT molecular complexity index is 939. The molecule has 3 rings (SSSR count). The highest BCUT2D eigenvalue weighted by atomic mass is 32.2. The summed E-state index contributed by atoms with van der Waals surface area (Å²) in [4.78, 5) is 13.8. The van der Waals surface area contributed by atoms with E-state index in [4.69, 9.17) is 0 Å². The first-order valence-electron chi connectivity index (χ1n) is 9.82. The lowest BCUT2D eigenvalue weighted by Crippen LogP contribution is -3.04. The lowest BCUT2D eigenvalue weighted by molar-refractivity contribution is -0.872. The zero-order valence-electron chi connectivity index (χ0n) is 17.2. The highest BCUT2D eigenvalue weighted by Crippen LogP contribution is 2.23. The number of hydrogen-bond acceptors (Lipinski definition) is 4. The van der Waals surface area contributed by atoms with Crippen LogP contribution in [0, 0.1) is 0 Å². The third-order valence-corrected chi connectivity index (χ3v) is 5.50. The minimum absolute atomic E-state index is 0.00563. The minimum atomic E-state index is -0.00563. The topological polar surface area (TPSA) is 64.2 Å². The molecule has 0 bridgehead atoms. The van der Waals surface area contributed by atoms with Crippen LogP contribution in [0.5, 0.6) is 0 Å². The van der Waals surface area contributed by atoms with Crippen LogP contribution in [0.2, 0.25) is 0 Å². The number of carbonyl (C=O) groups is 1. The molecule has 0 aliphatic heterocycles. The predicted molar refractivity (Wildman–Crippen MR) is 117 cm³/mol. The van der Waals surface area contributed by atoms with Crippen LogP contribution in [0.1, 0.15) is 18.1 Å². The number of benzene rings is 2. The van der Waals surface area contributed by atoms with E-state index in [9.17, 15) is 4.79 Å². The molecule has 0 saturated heterocycles. The molecule has 152 valence electrons. The van der Waals surface area contributed by atoms with Crippen molar-refractivity contribution in [3.05, 3.63) is 65.7 Å². The van der Waals surface area contributed by atoms with Crippen LogP contribution in [0.25, 0.3) is 11.4 Å². The number of thioether (sulfide) groups is 1. The van der Waals surface area contributed by atoms with Gasteiger partial charge in [-0.3, -0.25) is 4.79 Å². The normalized spacial score (nSPS) is 11.0. The average molecular weight is 411 g/mol. The van der Waals surface area contributed by atoms with Crippen molar-refractivity contribution in [2.75, 3.05) is 19.8 Å². The number of rotatable bonds is 9. The van der Waals surface area contributed by atoms with Crippen molar-refractivity contribution in [1.29, 1.82) is 0 Å². The van der Waals surface area contributed by atoms with Crippen LogP contribution < -0.4 is 10.2 Å². The lowest BCUT2D eigenvalue weighted by Gasteiger charge is -2.13. The molecule has 0 atom stereocenters. The molecule has 1 heterocycles. The standard InChI is InChI=1S/C22H27N5OS/c1-4-27-21(17-10-6-5-7-11-17)24-25-22(27)29-16-20(28)23-14-18-12-8-9-13-19(18)15-26(2)3/h5-13H,4,14-16H2,1-3H3,(H,23,28)/p+1. The summed E-state index contributed by atoms with van der Waals surface area (Å²) in [5.41, 5.74) is 3.45. The van der Waals surface area contributed by atoms with Gasteiger partial charge >= 0.3 is 0 Å². The van der Waals surface area contributed by atoms with Crippen LogP contribution in [-0.2, 0) is 24.4 Å². The smallest absolute Gasteiger partial charge is 0.230 e. The molecule has 1 aromatic heterocycles. The summed E-state index contributed by atoms with van der Waals surface area (Å²) in [5, 5.41) is 12.4. The molecule has 0 fully saturated rings. The summed E-state index contributed by atoms with van der Waals surface area (Å²) >= 11 is 1.42. The van der Waals surface area contributed by atoms with Crippen LogP contribution in [0.3, 0.4) is 0 Å². The summed E-state index contributed by atoms with van der Waals surface area (Å²) in [7, 11) is 4.25. The van der Waals surface area contributed by atoms with Crippen LogP contribution in [-0.4, -0.2) is 40.5 Å². The number of amides is 1. The molecule has 29 heavy (non-hydrogen) atoms. The first kappa shape index (κ1) is 21.1. The second-order valence-electron chi connectivity index (χ2n) is 7.13. The van der Waals surface area contributed by atoms with E-state index < -0.39 is 0 Å². The Morgan fingerprint density at radius 1 is 1.03 bits per heavy atom. The molecular weight excluding hydrogens is 382 g/mol. The van der Waals surface area contributed by atoms with Gasteiger partial charge in [0.25, 0.3) is 0 Å². The number of hydrogen-bond donors (Lipinski definition) is 2. The van der Waals surface area contributed by atoms with Crippen molar-refractivity contribution in [2.24, 2.45) is 0 Å². The molecule has 0 radical (unpaired) electrons.